The Hall–Kier alpha value is -1.55. The number of urea groups is 1. The van der Waals surface area contributed by atoms with Crippen LogP contribution in [0.15, 0.2) is 24.3 Å². The summed E-state index contributed by atoms with van der Waals surface area (Å²) in [6, 6.07) is 7.75. The van der Waals surface area contributed by atoms with E-state index in [1.165, 1.54) is 5.56 Å². The molecule has 1 aromatic carbocycles. The number of hydrogen-bond acceptors (Lipinski definition) is 2. The van der Waals surface area contributed by atoms with E-state index in [9.17, 15) is 4.79 Å². The first-order valence-electron chi connectivity index (χ1n) is 6.06. The smallest absolute Gasteiger partial charge is 0.321 e. The zero-order valence-electron chi connectivity index (χ0n) is 10.6. The van der Waals surface area contributed by atoms with Crippen molar-refractivity contribution in [3.63, 3.8) is 0 Å². The van der Waals surface area contributed by atoms with Crippen LogP contribution >= 0.6 is 0 Å². The van der Waals surface area contributed by atoms with E-state index in [2.05, 4.69) is 5.32 Å². The molecule has 0 spiro atoms. The van der Waals surface area contributed by atoms with Gasteiger partial charge in [-0.05, 0) is 44.5 Å². The van der Waals surface area contributed by atoms with Crippen LogP contribution in [0.4, 0.5) is 10.5 Å². The topological polar surface area (TPSA) is 58.4 Å². The second kappa shape index (κ2) is 6.91. The standard InChI is InChI=1S/C13H21N3O/c1-3-16(4-2)13(17)15-12-7-5-11(6-8-12)9-10-14/h5-8H,3-4,9-10,14H2,1-2H3,(H,15,17). The summed E-state index contributed by atoms with van der Waals surface area (Å²) in [5.41, 5.74) is 7.49. The molecule has 0 aliphatic carbocycles. The molecule has 17 heavy (non-hydrogen) atoms. The molecule has 0 fully saturated rings. The van der Waals surface area contributed by atoms with Crippen LogP contribution in [0.25, 0.3) is 0 Å². The highest BCUT2D eigenvalue weighted by molar-refractivity contribution is 5.89. The zero-order valence-corrected chi connectivity index (χ0v) is 10.6. The number of benzene rings is 1. The molecular weight excluding hydrogens is 214 g/mol. The molecule has 1 rings (SSSR count). The molecule has 0 heterocycles. The van der Waals surface area contributed by atoms with Crippen LogP contribution in [-0.2, 0) is 6.42 Å². The van der Waals surface area contributed by atoms with Gasteiger partial charge in [-0.15, -0.1) is 0 Å². The van der Waals surface area contributed by atoms with Crippen LogP contribution in [0.1, 0.15) is 19.4 Å². The molecule has 4 heteroatoms. The van der Waals surface area contributed by atoms with Gasteiger partial charge in [-0.25, -0.2) is 4.79 Å². The summed E-state index contributed by atoms with van der Waals surface area (Å²) in [4.78, 5) is 13.5. The van der Waals surface area contributed by atoms with Crippen molar-refractivity contribution in [1.82, 2.24) is 4.90 Å². The molecule has 1 aromatic rings. The van der Waals surface area contributed by atoms with Crippen molar-refractivity contribution in [2.24, 2.45) is 5.73 Å². The highest BCUT2D eigenvalue weighted by atomic mass is 16.2. The Morgan fingerprint density at radius 2 is 1.82 bits per heavy atom. The van der Waals surface area contributed by atoms with Crippen LogP contribution in [0.5, 0.6) is 0 Å². The first-order chi connectivity index (χ1) is 8.21. The number of rotatable bonds is 5. The molecule has 4 nitrogen and oxygen atoms in total. The maximum atomic E-state index is 11.8. The summed E-state index contributed by atoms with van der Waals surface area (Å²) in [5.74, 6) is 0. The average molecular weight is 235 g/mol. The van der Waals surface area contributed by atoms with Crippen molar-refractivity contribution in [2.45, 2.75) is 20.3 Å². The van der Waals surface area contributed by atoms with Gasteiger partial charge in [0, 0.05) is 18.8 Å². The Morgan fingerprint density at radius 3 is 2.29 bits per heavy atom. The van der Waals surface area contributed by atoms with Gasteiger partial charge >= 0.3 is 6.03 Å². The number of hydrogen-bond donors (Lipinski definition) is 2. The summed E-state index contributed by atoms with van der Waals surface area (Å²) >= 11 is 0. The number of carbonyl (C=O) groups excluding carboxylic acids is 1. The second-order valence-electron chi connectivity index (χ2n) is 3.84. The van der Waals surface area contributed by atoms with E-state index < -0.39 is 0 Å². The first-order valence-corrected chi connectivity index (χ1v) is 6.06. The zero-order chi connectivity index (χ0) is 12.7. The predicted molar refractivity (Wildman–Crippen MR) is 71.1 cm³/mol. The molecule has 0 aliphatic rings. The Labute approximate surface area is 103 Å². The number of amides is 2. The van der Waals surface area contributed by atoms with Crippen LogP contribution in [-0.4, -0.2) is 30.6 Å². The Kier molecular flexibility index (Phi) is 5.49. The SMILES string of the molecule is CCN(CC)C(=O)Nc1ccc(CCN)cc1. The van der Waals surface area contributed by atoms with Gasteiger partial charge in [-0.1, -0.05) is 12.1 Å². The molecule has 0 saturated carbocycles. The molecule has 3 N–H and O–H groups in total. The minimum absolute atomic E-state index is 0.0541. The van der Waals surface area contributed by atoms with E-state index in [1.807, 2.05) is 38.1 Å². The summed E-state index contributed by atoms with van der Waals surface area (Å²) in [5, 5.41) is 2.87. The largest absolute Gasteiger partial charge is 0.330 e. The fraction of sp³-hybridized carbons (Fsp3) is 0.462. The lowest BCUT2D eigenvalue weighted by molar-refractivity contribution is 0.217. The molecular formula is C13H21N3O. The molecule has 0 aliphatic heterocycles. The third-order valence-corrected chi connectivity index (χ3v) is 2.69. The van der Waals surface area contributed by atoms with Gasteiger partial charge < -0.3 is 16.0 Å². The van der Waals surface area contributed by atoms with Crippen molar-refractivity contribution in [1.29, 1.82) is 0 Å². The van der Waals surface area contributed by atoms with Gasteiger partial charge in [0.2, 0.25) is 0 Å². The molecule has 0 radical (unpaired) electrons. The maximum absolute atomic E-state index is 11.8. The summed E-state index contributed by atoms with van der Waals surface area (Å²) in [6.07, 6.45) is 0.865. The predicted octanol–water partition coefficient (Wildman–Crippen LogP) is 2.06. The van der Waals surface area contributed by atoms with Crippen LogP contribution < -0.4 is 11.1 Å². The lowest BCUT2D eigenvalue weighted by atomic mass is 10.1. The van der Waals surface area contributed by atoms with E-state index in [0.29, 0.717) is 19.6 Å². The maximum Gasteiger partial charge on any atom is 0.321 e. The van der Waals surface area contributed by atoms with E-state index in [1.54, 1.807) is 4.90 Å². The summed E-state index contributed by atoms with van der Waals surface area (Å²) in [6.45, 7) is 6.01. The van der Waals surface area contributed by atoms with Crippen molar-refractivity contribution in [3.05, 3.63) is 29.8 Å². The summed E-state index contributed by atoms with van der Waals surface area (Å²) in [7, 11) is 0. The molecule has 2 amide bonds. The number of nitrogens with zero attached hydrogens (tertiary/aromatic N) is 1. The fourth-order valence-corrected chi connectivity index (χ4v) is 1.63. The number of nitrogens with one attached hydrogen (secondary N) is 1. The van der Waals surface area contributed by atoms with E-state index >= 15 is 0 Å². The normalized spacial score (nSPS) is 10.1. The minimum Gasteiger partial charge on any atom is -0.330 e. The van der Waals surface area contributed by atoms with Crippen molar-refractivity contribution >= 4 is 11.7 Å². The second-order valence-corrected chi connectivity index (χ2v) is 3.84. The fourth-order valence-electron chi connectivity index (χ4n) is 1.63. The van der Waals surface area contributed by atoms with Crippen LogP contribution in [0.3, 0.4) is 0 Å². The molecule has 0 saturated heterocycles. The third-order valence-electron chi connectivity index (χ3n) is 2.69. The van der Waals surface area contributed by atoms with E-state index in [4.69, 9.17) is 5.73 Å². The Bertz CT molecular complexity index is 344. The van der Waals surface area contributed by atoms with Gasteiger partial charge in [0.1, 0.15) is 0 Å². The Balaban J connectivity index is 2.59. The Morgan fingerprint density at radius 1 is 1.24 bits per heavy atom. The first kappa shape index (κ1) is 13.5. The van der Waals surface area contributed by atoms with Crippen molar-refractivity contribution < 1.29 is 4.79 Å². The highest BCUT2D eigenvalue weighted by Crippen LogP contribution is 2.10. The molecule has 0 bridgehead atoms. The van der Waals surface area contributed by atoms with E-state index in [-0.39, 0.29) is 6.03 Å². The van der Waals surface area contributed by atoms with Crippen LogP contribution in [0, 0.1) is 0 Å². The molecule has 0 unspecified atom stereocenters. The average Bonchev–Trinajstić information content (AvgIpc) is 2.33. The number of anilines is 1. The third kappa shape index (κ3) is 4.07. The lowest BCUT2D eigenvalue weighted by Crippen LogP contribution is -2.34. The number of nitrogens with two attached hydrogens (primary N) is 1. The lowest BCUT2D eigenvalue weighted by Gasteiger charge is -2.19. The summed E-state index contributed by atoms with van der Waals surface area (Å²) < 4.78 is 0. The molecule has 0 atom stereocenters. The van der Waals surface area contributed by atoms with Gasteiger partial charge in [0.05, 0.1) is 0 Å². The van der Waals surface area contributed by atoms with Crippen molar-refractivity contribution in [2.75, 3.05) is 25.0 Å². The van der Waals surface area contributed by atoms with Crippen LogP contribution in [0.2, 0.25) is 0 Å². The minimum atomic E-state index is -0.0541. The van der Waals surface area contributed by atoms with Crippen molar-refractivity contribution in [3.8, 4) is 0 Å². The monoisotopic (exact) mass is 235 g/mol. The van der Waals surface area contributed by atoms with E-state index in [0.717, 1.165) is 12.1 Å². The molecule has 94 valence electrons. The highest BCUT2D eigenvalue weighted by Gasteiger charge is 2.08. The van der Waals surface area contributed by atoms with Gasteiger partial charge in [0.25, 0.3) is 0 Å². The quantitative estimate of drug-likeness (QED) is 0.820. The van der Waals surface area contributed by atoms with Gasteiger partial charge in [0.15, 0.2) is 0 Å². The number of carbonyl (C=O) groups is 1. The van der Waals surface area contributed by atoms with Gasteiger partial charge in [-0.3, -0.25) is 0 Å². The van der Waals surface area contributed by atoms with Gasteiger partial charge in [-0.2, -0.15) is 0 Å². The molecule has 0 aromatic heterocycles.